The predicted molar refractivity (Wildman–Crippen MR) is 204 cm³/mol. The molecule has 0 bridgehead atoms. The molecule has 13 heteroatoms. The van der Waals surface area contributed by atoms with Gasteiger partial charge in [0.25, 0.3) is 5.91 Å². The lowest BCUT2D eigenvalue weighted by Crippen LogP contribution is -2.57. The molecule has 2 saturated heterocycles. The summed E-state index contributed by atoms with van der Waals surface area (Å²) in [6.45, 7) is 15.9. The Morgan fingerprint density at radius 2 is 1.66 bits per heavy atom. The van der Waals surface area contributed by atoms with E-state index in [0.29, 0.717) is 37.2 Å². The number of piperidine rings is 1. The number of thiazole rings is 1. The van der Waals surface area contributed by atoms with Crippen LogP contribution in [0.25, 0.3) is 10.4 Å². The van der Waals surface area contributed by atoms with Crippen LogP contribution in [0.5, 0.6) is 5.75 Å². The van der Waals surface area contributed by atoms with Gasteiger partial charge in [-0.05, 0) is 69.4 Å². The maximum absolute atomic E-state index is 14.2. The van der Waals surface area contributed by atoms with E-state index in [2.05, 4.69) is 15.6 Å². The number of aliphatic hydroxyl groups is 1. The Hall–Kier alpha value is -4.49. The van der Waals surface area contributed by atoms with Gasteiger partial charge in [-0.15, -0.1) is 11.3 Å². The molecule has 0 saturated carbocycles. The second kappa shape index (κ2) is 16.3. The monoisotopic (exact) mass is 747 g/mol. The number of carbonyl (C=O) groups is 4. The largest absolute Gasteiger partial charge is 0.490 e. The third-order valence-corrected chi connectivity index (χ3v) is 10.5. The number of nitrogens with zero attached hydrogens (tertiary/aromatic N) is 3. The van der Waals surface area contributed by atoms with Gasteiger partial charge in [0.2, 0.25) is 11.8 Å². The molecule has 1 aromatic heterocycles. The molecule has 3 N–H and O–H groups in total. The third kappa shape index (κ3) is 10.1. The Bertz CT molecular complexity index is 1770. The van der Waals surface area contributed by atoms with Crippen LogP contribution in [-0.2, 0) is 14.3 Å². The van der Waals surface area contributed by atoms with Crippen molar-refractivity contribution in [3.05, 3.63) is 70.9 Å². The van der Waals surface area contributed by atoms with E-state index in [0.717, 1.165) is 21.7 Å². The highest BCUT2D eigenvalue weighted by atomic mass is 32.1. The number of amides is 4. The van der Waals surface area contributed by atoms with Gasteiger partial charge in [0.1, 0.15) is 29.5 Å². The van der Waals surface area contributed by atoms with Crippen molar-refractivity contribution in [2.45, 2.75) is 111 Å². The van der Waals surface area contributed by atoms with E-state index in [1.807, 2.05) is 85.2 Å². The van der Waals surface area contributed by atoms with Gasteiger partial charge in [0.15, 0.2) is 0 Å². The van der Waals surface area contributed by atoms with Crippen LogP contribution in [0.15, 0.2) is 54.0 Å². The van der Waals surface area contributed by atoms with E-state index in [1.165, 1.54) is 4.90 Å². The first-order valence-corrected chi connectivity index (χ1v) is 19.1. The lowest BCUT2D eigenvalue weighted by Gasteiger charge is -2.35. The molecule has 2 aromatic carbocycles. The number of aromatic nitrogens is 1. The van der Waals surface area contributed by atoms with Crippen molar-refractivity contribution in [2.75, 3.05) is 19.6 Å². The zero-order valence-corrected chi connectivity index (χ0v) is 32.8. The molecule has 3 heterocycles. The van der Waals surface area contributed by atoms with E-state index >= 15 is 0 Å². The molecule has 3 aromatic rings. The molecule has 4 amide bonds. The van der Waals surface area contributed by atoms with Crippen molar-refractivity contribution in [3.8, 4) is 16.2 Å². The van der Waals surface area contributed by atoms with E-state index < -0.39 is 41.0 Å². The number of aliphatic hydroxyl groups excluding tert-OH is 1. The average molecular weight is 748 g/mol. The maximum atomic E-state index is 14.2. The van der Waals surface area contributed by atoms with E-state index in [4.69, 9.17) is 9.47 Å². The first-order chi connectivity index (χ1) is 24.9. The lowest BCUT2D eigenvalue weighted by atomic mass is 9.85. The molecule has 0 aliphatic carbocycles. The molecular weight excluding hydrogens is 695 g/mol. The number of hydrogen-bond acceptors (Lipinski definition) is 9. The summed E-state index contributed by atoms with van der Waals surface area (Å²) < 4.78 is 11.7. The van der Waals surface area contributed by atoms with Crippen molar-refractivity contribution in [3.63, 3.8) is 0 Å². The van der Waals surface area contributed by atoms with Crippen LogP contribution in [0.4, 0.5) is 4.79 Å². The number of aryl methyl sites for hydroxylation is 1. The van der Waals surface area contributed by atoms with Crippen molar-refractivity contribution >= 4 is 35.2 Å². The average Bonchev–Trinajstić information content (AvgIpc) is 3.71. The minimum absolute atomic E-state index is 0.0211. The number of benzene rings is 2. The number of carbonyl (C=O) groups excluding carboxylic acids is 4. The fraction of sp³-hybridized carbons (Fsp3) is 0.525. The number of nitrogens with one attached hydrogen (secondary N) is 2. The van der Waals surface area contributed by atoms with Gasteiger partial charge in [-0.1, -0.05) is 51.1 Å². The number of likely N-dealkylation sites (tertiary alicyclic amines) is 2. The summed E-state index contributed by atoms with van der Waals surface area (Å²) in [5.74, 6) is -0.766. The number of β-amino-alcohol motifs (C(OH)–C–C–N with tert-alkyl or cyclic N) is 1. The minimum atomic E-state index is -0.988. The summed E-state index contributed by atoms with van der Waals surface area (Å²) in [4.78, 5) is 62.5. The van der Waals surface area contributed by atoms with Gasteiger partial charge in [-0.25, -0.2) is 9.78 Å². The molecule has 5 rings (SSSR count). The van der Waals surface area contributed by atoms with Gasteiger partial charge in [-0.3, -0.25) is 14.4 Å². The Kier molecular flexibility index (Phi) is 12.2. The predicted octanol–water partition coefficient (Wildman–Crippen LogP) is 5.88. The summed E-state index contributed by atoms with van der Waals surface area (Å²) in [5, 5.41) is 16.6. The Morgan fingerprint density at radius 3 is 2.26 bits per heavy atom. The quantitative estimate of drug-likeness (QED) is 0.246. The molecule has 0 unspecified atom stereocenters. The lowest BCUT2D eigenvalue weighted by molar-refractivity contribution is -0.142. The molecular formula is C40H53N5O7S. The molecule has 0 spiro atoms. The van der Waals surface area contributed by atoms with Crippen molar-refractivity contribution in [1.82, 2.24) is 25.4 Å². The van der Waals surface area contributed by atoms with E-state index in [1.54, 1.807) is 40.5 Å². The Balaban J connectivity index is 1.21. The van der Waals surface area contributed by atoms with Crippen LogP contribution in [0, 0.1) is 12.3 Å². The maximum Gasteiger partial charge on any atom is 0.410 e. The summed E-state index contributed by atoms with van der Waals surface area (Å²) in [6, 6.07) is 12.5. The molecule has 4 atom stereocenters. The van der Waals surface area contributed by atoms with Crippen LogP contribution < -0.4 is 15.4 Å². The SMILES string of the molecule is Cc1ncsc1-c1ccc([C@H](C)NC(=O)[C@@H]2C[C@@H](O)CN2C(=O)[C@@H](NC(=O)c2cccc(OC3CCN(C(=O)OC(C)(C)C)CC3)c2)C(C)(C)C)cc1. The second-order valence-corrected chi connectivity index (χ2v) is 17.0. The molecule has 0 radical (unpaired) electrons. The molecule has 12 nitrogen and oxygen atoms in total. The normalized spacial score (nSPS) is 19.3. The van der Waals surface area contributed by atoms with Crippen LogP contribution in [0.2, 0.25) is 0 Å². The molecule has 2 aliphatic rings. The minimum Gasteiger partial charge on any atom is -0.490 e. The fourth-order valence-corrected chi connectivity index (χ4v) is 7.43. The van der Waals surface area contributed by atoms with Crippen molar-refractivity contribution in [1.29, 1.82) is 0 Å². The first-order valence-electron chi connectivity index (χ1n) is 18.2. The highest BCUT2D eigenvalue weighted by Gasteiger charge is 2.45. The third-order valence-electron chi connectivity index (χ3n) is 9.52. The highest BCUT2D eigenvalue weighted by Crippen LogP contribution is 2.30. The first kappa shape index (κ1) is 39.7. The Morgan fingerprint density at radius 1 is 0.981 bits per heavy atom. The zero-order chi connectivity index (χ0) is 38.7. The van der Waals surface area contributed by atoms with Crippen LogP contribution in [0.3, 0.4) is 0 Å². The summed E-state index contributed by atoms with van der Waals surface area (Å²) >= 11 is 1.58. The van der Waals surface area contributed by atoms with Gasteiger partial charge in [0, 0.05) is 44.5 Å². The van der Waals surface area contributed by atoms with Crippen LogP contribution in [0.1, 0.15) is 95.4 Å². The highest BCUT2D eigenvalue weighted by molar-refractivity contribution is 7.13. The van der Waals surface area contributed by atoms with Crippen molar-refractivity contribution in [2.24, 2.45) is 5.41 Å². The topological polar surface area (TPSA) is 150 Å². The fourth-order valence-electron chi connectivity index (χ4n) is 6.62. The summed E-state index contributed by atoms with van der Waals surface area (Å²) in [6.07, 6.45) is -0.0412. The number of ether oxygens (including phenoxy) is 2. The van der Waals surface area contributed by atoms with E-state index in [9.17, 15) is 24.3 Å². The van der Waals surface area contributed by atoms with E-state index in [-0.39, 0.29) is 37.1 Å². The van der Waals surface area contributed by atoms with Gasteiger partial charge in [0.05, 0.1) is 28.2 Å². The smallest absolute Gasteiger partial charge is 0.410 e. The van der Waals surface area contributed by atoms with Gasteiger partial charge in [-0.2, -0.15) is 0 Å². The molecule has 2 aliphatic heterocycles. The van der Waals surface area contributed by atoms with Gasteiger partial charge >= 0.3 is 6.09 Å². The molecule has 53 heavy (non-hydrogen) atoms. The Labute approximate surface area is 316 Å². The number of hydrogen-bond donors (Lipinski definition) is 3. The second-order valence-electron chi connectivity index (χ2n) is 16.1. The van der Waals surface area contributed by atoms with Gasteiger partial charge < -0.3 is 35.0 Å². The summed E-state index contributed by atoms with van der Waals surface area (Å²) in [7, 11) is 0. The zero-order valence-electron chi connectivity index (χ0n) is 32.0. The molecule has 2 fully saturated rings. The number of rotatable bonds is 9. The summed E-state index contributed by atoms with van der Waals surface area (Å²) in [5.41, 5.74) is 3.76. The molecule has 286 valence electrons. The van der Waals surface area contributed by atoms with Crippen LogP contribution in [-0.4, -0.2) is 93.2 Å². The van der Waals surface area contributed by atoms with Crippen molar-refractivity contribution < 1.29 is 33.8 Å². The van der Waals surface area contributed by atoms with Crippen LogP contribution >= 0.6 is 11.3 Å². The standard InChI is InChI=1S/C40H53N5O7S/c1-24(26-12-14-27(15-13-26)33-25(2)41-23-53-33)42-36(48)32-21-29(46)22-45(32)37(49)34(39(3,4)5)43-35(47)28-10-9-11-31(20-28)51-30-16-18-44(19-17-30)38(50)52-40(6,7)8/h9-15,20,23-24,29-30,32,34,46H,16-19,21-22H2,1-8H3,(H,42,48)(H,43,47)/t24-,29+,32-,34+/m0/s1.